The molecule has 20 heavy (non-hydrogen) atoms. The molecule has 1 amide bonds. The summed E-state index contributed by atoms with van der Waals surface area (Å²) in [5.74, 6) is 0.692. The van der Waals surface area contributed by atoms with E-state index in [0.717, 1.165) is 5.75 Å². The van der Waals surface area contributed by atoms with Crippen molar-refractivity contribution in [2.75, 3.05) is 33.9 Å². The maximum Gasteiger partial charge on any atom is 0.225 e. The molecule has 0 aliphatic carbocycles. The first-order valence-electron chi connectivity index (χ1n) is 6.63. The third kappa shape index (κ3) is 6.04. The van der Waals surface area contributed by atoms with Gasteiger partial charge in [0.2, 0.25) is 5.91 Å². The summed E-state index contributed by atoms with van der Waals surface area (Å²) in [6.07, 6.45) is -0.378. The van der Waals surface area contributed by atoms with Gasteiger partial charge in [0, 0.05) is 20.7 Å². The number of methoxy groups -OCH3 is 1. The third-order valence-electron chi connectivity index (χ3n) is 2.88. The number of hydrogen-bond donors (Lipinski definition) is 1. The van der Waals surface area contributed by atoms with Crippen molar-refractivity contribution in [2.24, 2.45) is 0 Å². The van der Waals surface area contributed by atoms with Gasteiger partial charge in [0.05, 0.1) is 25.7 Å². The Labute approximate surface area is 120 Å². The van der Waals surface area contributed by atoms with Crippen LogP contribution in [-0.2, 0) is 9.53 Å². The molecular formula is C15H23NO4. The van der Waals surface area contributed by atoms with E-state index in [9.17, 15) is 9.90 Å². The lowest BCUT2D eigenvalue weighted by atomic mass is 10.2. The number of benzene rings is 1. The minimum Gasteiger partial charge on any atom is -0.493 e. The molecule has 0 aromatic heterocycles. The smallest absolute Gasteiger partial charge is 0.225 e. The molecule has 1 aromatic rings. The number of hydrogen-bond acceptors (Lipinski definition) is 4. The molecule has 1 aromatic carbocycles. The van der Waals surface area contributed by atoms with Crippen LogP contribution < -0.4 is 4.74 Å². The van der Waals surface area contributed by atoms with Crippen molar-refractivity contribution in [3.05, 3.63) is 29.8 Å². The summed E-state index contributed by atoms with van der Waals surface area (Å²) in [6, 6.07) is 7.69. The maximum atomic E-state index is 11.8. The summed E-state index contributed by atoms with van der Waals surface area (Å²) >= 11 is 0. The Morgan fingerprint density at radius 1 is 1.35 bits per heavy atom. The van der Waals surface area contributed by atoms with Crippen molar-refractivity contribution >= 4 is 5.91 Å². The van der Waals surface area contributed by atoms with E-state index in [1.807, 2.05) is 31.2 Å². The highest BCUT2D eigenvalue weighted by molar-refractivity contribution is 5.76. The minimum absolute atomic E-state index is 0.0627. The number of aliphatic hydroxyl groups is 1. The van der Waals surface area contributed by atoms with Crippen LogP contribution in [0.15, 0.2) is 24.3 Å². The molecular weight excluding hydrogens is 258 g/mol. The predicted molar refractivity (Wildman–Crippen MR) is 76.8 cm³/mol. The molecule has 0 bridgehead atoms. The summed E-state index contributed by atoms with van der Waals surface area (Å²) in [4.78, 5) is 13.3. The topological polar surface area (TPSA) is 59.0 Å². The average molecular weight is 281 g/mol. The van der Waals surface area contributed by atoms with Crippen LogP contribution in [0, 0.1) is 6.92 Å². The molecule has 0 radical (unpaired) electrons. The zero-order valence-electron chi connectivity index (χ0n) is 12.3. The van der Waals surface area contributed by atoms with E-state index in [2.05, 4.69) is 0 Å². The maximum absolute atomic E-state index is 11.8. The monoisotopic (exact) mass is 281 g/mol. The predicted octanol–water partition coefficient (Wildman–Crippen LogP) is 1.23. The van der Waals surface area contributed by atoms with Crippen molar-refractivity contribution in [1.29, 1.82) is 0 Å². The Morgan fingerprint density at radius 3 is 2.60 bits per heavy atom. The first kappa shape index (κ1) is 16.5. The van der Waals surface area contributed by atoms with E-state index in [4.69, 9.17) is 9.47 Å². The van der Waals surface area contributed by atoms with Crippen molar-refractivity contribution in [2.45, 2.75) is 19.4 Å². The Kier molecular flexibility index (Phi) is 7.04. The largest absolute Gasteiger partial charge is 0.493 e. The van der Waals surface area contributed by atoms with Crippen LogP contribution in [-0.4, -0.2) is 55.9 Å². The molecule has 0 aliphatic heterocycles. The standard InChI is InChI=1S/C15H23NO4/c1-12-4-6-14(7-5-12)20-9-8-15(18)16(2)10-13(17)11-19-3/h4-7,13,17H,8-11H2,1-3H3. The number of nitrogens with zero attached hydrogens (tertiary/aromatic N) is 1. The fraction of sp³-hybridized carbons (Fsp3) is 0.533. The number of carbonyl (C=O) groups is 1. The molecule has 5 heteroatoms. The van der Waals surface area contributed by atoms with Gasteiger partial charge >= 0.3 is 0 Å². The molecule has 1 atom stereocenters. The molecule has 112 valence electrons. The first-order valence-corrected chi connectivity index (χ1v) is 6.63. The Bertz CT molecular complexity index is 405. The lowest BCUT2D eigenvalue weighted by molar-refractivity contribution is -0.132. The normalized spacial score (nSPS) is 12.0. The number of carbonyl (C=O) groups excluding carboxylic acids is 1. The van der Waals surface area contributed by atoms with Crippen LogP contribution in [0.3, 0.4) is 0 Å². The second kappa shape index (κ2) is 8.55. The van der Waals surface area contributed by atoms with Gasteiger partial charge in [0.25, 0.3) is 0 Å². The number of rotatable bonds is 8. The van der Waals surface area contributed by atoms with Gasteiger partial charge < -0.3 is 19.5 Å². The highest BCUT2D eigenvalue weighted by atomic mass is 16.5. The fourth-order valence-corrected chi connectivity index (χ4v) is 1.74. The molecule has 0 aliphatic rings. The van der Waals surface area contributed by atoms with Gasteiger partial charge in [0.15, 0.2) is 0 Å². The number of amides is 1. The Balaban J connectivity index is 2.26. The van der Waals surface area contributed by atoms with Crippen molar-refractivity contribution in [1.82, 2.24) is 4.90 Å². The minimum atomic E-state index is -0.660. The van der Waals surface area contributed by atoms with Crippen LogP contribution in [0.25, 0.3) is 0 Å². The molecule has 0 saturated carbocycles. The lowest BCUT2D eigenvalue weighted by Gasteiger charge is -2.20. The Morgan fingerprint density at radius 2 is 2.00 bits per heavy atom. The van der Waals surface area contributed by atoms with Gasteiger partial charge in [-0.15, -0.1) is 0 Å². The van der Waals surface area contributed by atoms with Gasteiger partial charge in [0.1, 0.15) is 5.75 Å². The lowest BCUT2D eigenvalue weighted by Crippen LogP contribution is -2.36. The van der Waals surface area contributed by atoms with Crippen molar-refractivity contribution in [3.63, 3.8) is 0 Å². The van der Waals surface area contributed by atoms with Crippen LogP contribution >= 0.6 is 0 Å². The molecule has 1 rings (SSSR count). The zero-order chi connectivity index (χ0) is 15.0. The van der Waals surface area contributed by atoms with E-state index < -0.39 is 6.10 Å². The number of ether oxygens (including phenoxy) is 2. The second-order valence-electron chi connectivity index (χ2n) is 4.79. The molecule has 1 N–H and O–H groups in total. The van der Waals surface area contributed by atoms with Gasteiger partial charge in [-0.2, -0.15) is 0 Å². The first-order chi connectivity index (χ1) is 9.52. The number of aryl methyl sites for hydroxylation is 1. The van der Waals surface area contributed by atoms with E-state index in [0.29, 0.717) is 6.61 Å². The SMILES string of the molecule is COCC(O)CN(C)C(=O)CCOc1ccc(C)cc1. The zero-order valence-corrected chi connectivity index (χ0v) is 12.3. The quantitative estimate of drug-likeness (QED) is 0.778. The number of likely N-dealkylation sites (N-methyl/N-ethyl adjacent to an activating group) is 1. The summed E-state index contributed by atoms with van der Waals surface area (Å²) in [5, 5.41) is 9.55. The van der Waals surface area contributed by atoms with Gasteiger partial charge in [-0.25, -0.2) is 0 Å². The summed E-state index contributed by atoms with van der Waals surface area (Å²) in [7, 11) is 3.17. The molecule has 0 saturated heterocycles. The van der Waals surface area contributed by atoms with E-state index >= 15 is 0 Å². The second-order valence-corrected chi connectivity index (χ2v) is 4.79. The van der Waals surface area contributed by atoms with E-state index in [-0.39, 0.29) is 25.5 Å². The third-order valence-corrected chi connectivity index (χ3v) is 2.88. The van der Waals surface area contributed by atoms with E-state index in [1.165, 1.54) is 17.6 Å². The van der Waals surface area contributed by atoms with Crippen molar-refractivity contribution in [3.8, 4) is 5.75 Å². The van der Waals surface area contributed by atoms with Crippen LogP contribution in [0.5, 0.6) is 5.75 Å². The van der Waals surface area contributed by atoms with Crippen LogP contribution in [0.2, 0.25) is 0 Å². The average Bonchev–Trinajstić information content (AvgIpc) is 2.41. The van der Waals surface area contributed by atoms with Gasteiger partial charge in [-0.1, -0.05) is 17.7 Å². The summed E-state index contributed by atoms with van der Waals surface area (Å²) < 4.78 is 10.3. The number of aliphatic hydroxyl groups excluding tert-OH is 1. The fourth-order valence-electron chi connectivity index (χ4n) is 1.74. The molecule has 0 fully saturated rings. The van der Waals surface area contributed by atoms with E-state index in [1.54, 1.807) is 7.05 Å². The van der Waals surface area contributed by atoms with Crippen LogP contribution in [0.4, 0.5) is 0 Å². The molecule has 0 heterocycles. The highest BCUT2D eigenvalue weighted by Crippen LogP contribution is 2.11. The molecule has 1 unspecified atom stereocenters. The van der Waals surface area contributed by atoms with Gasteiger partial charge in [-0.05, 0) is 19.1 Å². The highest BCUT2D eigenvalue weighted by Gasteiger charge is 2.13. The van der Waals surface area contributed by atoms with Crippen molar-refractivity contribution < 1.29 is 19.4 Å². The molecule has 0 spiro atoms. The molecule has 5 nitrogen and oxygen atoms in total. The summed E-state index contributed by atoms with van der Waals surface area (Å²) in [6.45, 7) is 2.81. The Hall–Kier alpha value is -1.59. The summed E-state index contributed by atoms with van der Waals surface area (Å²) in [5.41, 5.74) is 1.17. The van der Waals surface area contributed by atoms with Gasteiger partial charge in [-0.3, -0.25) is 4.79 Å². The van der Waals surface area contributed by atoms with Crippen LogP contribution in [0.1, 0.15) is 12.0 Å².